The number of rotatable bonds is 6. The molecule has 1 aromatic carbocycles. The molecule has 0 bridgehead atoms. The molecule has 2 rings (SSSR count). The molecule has 1 aliphatic rings. The normalized spacial score (nSPS) is 14.2. The highest BCUT2D eigenvalue weighted by Crippen LogP contribution is 2.30. The lowest BCUT2D eigenvalue weighted by atomic mass is 9.99. The van der Waals surface area contributed by atoms with Crippen LogP contribution in [0.3, 0.4) is 0 Å². The first kappa shape index (κ1) is 14.4. The lowest BCUT2D eigenvalue weighted by molar-refractivity contribution is 0.101. The van der Waals surface area contributed by atoms with Crippen molar-refractivity contribution < 1.29 is 19.0 Å². The average Bonchev–Trinajstić information content (AvgIpc) is 2.50. The minimum atomic E-state index is -0.00583. The molecule has 0 N–H and O–H groups in total. The molecule has 0 spiro atoms. The molecule has 0 unspecified atom stereocenters. The Balaban J connectivity index is 2.25. The van der Waals surface area contributed by atoms with Crippen molar-refractivity contribution in [3.63, 3.8) is 0 Å². The minimum Gasteiger partial charge on any atom is -0.501 e. The van der Waals surface area contributed by atoms with E-state index in [1.165, 1.54) is 0 Å². The zero-order valence-electron chi connectivity index (χ0n) is 12.0. The van der Waals surface area contributed by atoms with Gasteiger partial charge < -0.3 is 14.2 Å². The Kier molecular flexibility index (Phi) is 5.04. The molecule has 1 heterocycles. The summed E-state index contributed by atoms with van der Waals surface area (Å²) >= 11 is 0. The lowest BCUT2D eigenvalue weighted by Gasteiger charge is -2.15. The van der Waals surface area contributed by atoms with Crippen molar-refractivity contribution in [2.75, 3.05) is 19.8 Å². The Bertz CT molecular complexity index is 505. The summed E-state index contributed by atoms with van der Waals surface area (Å²) in [6.45, 7) is 5.60. The summed E-state index contributed by atoms with van der Waals surface area (Å²) in [7, 11) is 0. The van der Waals surface area contributed by atoms with Crippen LogP contribution in [-0.4, -0.2) is 25.6 Å². The quantitative estimate of drug-likeness (QED) is 0.747. The predicted molar refractivity (Wildman–Crippen MR) is 76.4 cm³/mol. The Morgan fingerprint density at radius 1 is 1.20 bits per heavy atom. The second-order valence-electron chi connectivity index (χ2n) is 4.47. The molecule has 4 nitrogen and oxygen atoms in total. The van der Waals surface area contributed by atoms with Gasteiger partial charge in [0, 0.05) is 11.1 Å². The van der Waals surface area contributed by atoms with Gasteiger partial charge in [0.25, 0.3) is 0 Å². The predicted octanol–water partition coefficient (Wildman–Crippen LogP) is 3.36. The Hall–Kier alpha value is -1.97. The van der Waals surface area contributed by atoms with E-state index in [1.807, 2.05) is 13.8 Å². The third kappa shape index (κ3) is 3.32. The van der Waals surface area contributed by atoms with Crippen molar-refractivity contribution in [1.29, 1.82) is 0 Å². The number of ketones is 1. The van der Waals surface area contributed by atoms with Crippen molar-refractivity contribution in [3.05, 3.63) is 35.6 Å². The van der Waals surface area contributed by atoms with Crippen molar-refractivity contribution >= 4 is 5.78 Å². The van der Waals surface area contributed by atoms with Crippen molar-refractivity contribution in [3.8, 4) is 11.5 Å². The van der Waals surface area contributed by atoms with Gasteiger partial charge in [-0.25, -0.2) is 0 Å². The molecule has 0 saturated heterocycles. The second kappa shape index (κ2) is 6.98. The topological polar surface area (TPSA) is 44.8 Å². The molecule has 0 fully saturated rings. The Labute approximate surface area is 119 Å². The maximum atomic E-state index is 12.4. The molecule has 1 aromatic rings. The van der Waals surface area contributed by atoms with E-state index in [1.54, 1.807) is 24.5 Å². The molecule has 0 atom stereocenters. The maximum absolute atomic E-state index is 12.4. The zero-order valence-corrected chi connectivity index (χ0v) is 12.0. The molecule has 0 amide bonds. The monoisotopic (exact) mass is 276 g/mol. The molecular formula is C16H20O4. The van der Waals surface area contributed by atoms with Crippen molar-refractivity contribution in [2.24, 2.45) is 0 Å². The molecule has 0 radical (unpaired) electrons. The first-order valence-electron chi connectivity index (χ1n) is 7.01. The summed E-state index contributed by atoms with van der Waals surface area (Å²) in [5, 5.41) is 0. The maximum Gasteiger partial charge on any atom is 0.192 e. The van der Waals surface area contributed by atoms with Crippen LogP contribution >= 0.6 is 0 Å². The minimum absolute atomic E-state index is 0.00583. The van der Waals surface area contributed by atoms with Gasteiger partial charge in [0.05, 0.1) is 26.1 Å². The van der Waals surface area contributed by atoms with Gasteiger partial charge in [-0.15, -0.1) is 0 Å². The number of allylic oxidation sites excluding steroid dienone is 1. The fraction of sp³-hybridized carbons (Fsp3) is 0.438. The summed E-state index contributed by atoms with van der Waals surface area (Å²) in [5.41, 5.74) is 1.32. The molecule has 1 aliphatic heterocycles. The molecule has 20 heavy (non-hydrogen) atoms. The van der Waals surface area contributed by atoms with Crippen LogP contribution in [0.5, 0.6) is 11.5 Å². The van der Waals surface area contributed by atoms with E-state index in [-0.39, 0.29) is 5.78 Å². The first-order chi connectivity index (χ1) is 9.76. The van der Waals surface area contributed by atoms with Gasteiger partial charge in [-0.2, -0.15) is 0 Å². The van der Waals surface area contributed by atoms with Crippen LogP contribution in [0.25, 0.3) is 0 Å². The van der Waals surface area contributed by atoms with E-state index in [0.717, 1.165) is 12.8 Å². The lowest BCUT2D eigenvalue weighted by Crippen LogP contribution is -2.10. The standard InChI is InChI=1S/C16H20O4/c1-3-19-14-8-7-12(10-15(14)20-4-2)16(17)13-6-5-9-18-11-13/h7-8,10-11H,3-6,9H2,1-2H3. The van der Waals surface area contributed by atoms with Crippen LogP contribution in [0.15, 0.2) is 30.0 Å². The van der Waals surface area contributed by atoms with Crippen LogP contribution < -0.4 is 9.47 Å². The summed E-state index contributed by atoms with van der Waals surface area (Å²) in [4.78, 5) is 12.4. The third-order valence-corrected chi connectivity index (χ3v) is 3.03. The molecule has 0 aliphatic carbocycles. The molecule has 0 saturated carbocycles. The number of hydrogen-bond acceptors (Lipinski definition) is 4. The molecule has 108 valence electrons. The Morgan fingerprint density at radius 2 is 1.95 bits per heavy atom. The number of carbonyl (C=O) groups is 1. The second-order valence-corrected chi connectivity index (χ2v) is 4.47. The largest absolute Gasteiger partial charge is 0.501 e. The summed E-state index contributed by atoms with van der Waals surface area (Å²) < 4.78 is 16.3. The number of hydrogen-bond donors (Lipinski definition) is 0. The van der Waals surface area contributed by atoms with Crippen LogP contribution in [0, 0.1) is 0 Å². The highest BCUT2D eigenvalue weighted by molar-refractivity contribution is 6.08. The van der Waals surface area contributed by atoms with Gasteiger partial charge in [0.1, 0.15) is 0 Å². The van der Waals surface area contributed by atoms with E-state index in [4.69, 9.17) is 14.2 Å². The SMILES string of the molecule is CCOc1ccc(C(=O)C2=COCCC2)cc1OCC. The van der Waals surface area contributed by atoms with Crippen LogP contribution in [-0.2, 0) is 4.74 Å². The van der Waals surface area contributed by atoms with Crippen LogP contribution in [0.2, 0.25) is 0 Å². The Morgan fingerprint density at radius 3 is 2.60 bits per heavy atom. The number of Topliss-reactive ketones (excluding diaryl/α,β-unsaturated/α-hetero) is 1. The average molecular weight is 276 g/mol. The smallest absolute Gasteiger partial charge is 0.192 e. The van der Waals surface area contributed by atoms with Crippen molar-refractivity contribution in [1.82, 2.24) is 0 Å². The third-order valence-electron chi connectivity index (χ3n) is 3.03. The first-order valence-corrected chi connectivity index (χ1v) is 7.01. The molecular weight excluding hydrogens is 256 g/mol. The number of ether oxygens (including phenoxy) is 3. The van der Waals surface area contributed by atoms with Gasteiger partial charge in [0.15, 0.2) is 17.3 Å². The van der Waals surface area contributed by atoms with E-state index in [2.05, 4.69) is 0 Å². The van der Waals surface area contributed by atoms with Crippen LogP contribution in [0.1, 0.15) is 37.0 Å². The number of carbonyl (C=O) groups excluding carboxylic acids is 1. The molecule has 4 heteroatoms. The van der Waals surface area contributed by atoms with Crippen molar-refractivity contribution in [2.45, 2.75) is 26.7 Å². The van der Waals surface area contributed by atoms with E-state index >= 15 is 0 Å². The fourth-order valence-corrected chi connectivity index (χ4v) is 2.11. The van der Waals surface area contributed by atoms with E-state index in [0.29, 0.717) is 42.5 Å². The van der Waals surface area contributed by atoms with E-state index in [9.17, 15) is 4.79 Å². The summed E-state index contributed by atoms with van der Waals surface area (Å²) in [6, 6.07) is 5.30. The summed E-state index contributed by atoms with van der Waals surface area (Å²) in [5.74, 6) is 1.27. The highest BCUT2D eigenvalue weighted by atomic mass is 16.5. The van der Waals surface area contributed by atoms with Gasteiger partial charge in [-0.05, 0) is 44.9 Å². The highest BCUT2D eigenvalue weighted by Gasteiger charge is 2.17. The van der Waals surface area contributed by atoms with Gasteiger partial charge in [-0.1, -0.05) is 0 Å². The van der Waals surface area contributed by atoms with Gasteiger partial charge in [0.2, 0.25) is 0 Å². The van der Waals surface area contributed by atoms with E-state index < -0.39 is 0 Å². The van der Waals surface area contributed by atoms with Gasteiger partial charge >= 0.3 is 0 Å². The molecule has 0 aromatic heterocycles. The summed E-state index contributed by atoms with van der Waals surface area (Å²) in [6.07, 6.45) is 3.21. The fourth-order valence-electron chi connectivity index (χ4n) is 2.11. The zero-order chi connectivity index (χ0) is 14.4. The van der Waals surface area contributed by atoms with Crippen LogP contribution in [0.4, 0.5) is 0 Å². The number of benzene rings is 1. The van der Waals surface area contributed by atoms with Gasteiger partial charge in [-0.3, -0.25) is 4.79 Å².